The summed E-state index contributed by atoms with van der Waals surface area (Å²) in [5, 5.41) is 16.8. The van der Waals surface area contributed by atoms with Crippen molar-refractivity contribution in [3.05, 3.63) is 48.0 Å². The third-order valence-electron chi connectivity index (χ3n) is 3.08. The molecule has 2 rings (SSSR count). The summed E-state index contributed by atoms with van der Waals surface area (Å²) in [4.78, 5) is 11.9. The van der Waals surface area contributed by atoms with Crippen LogP contribution in [0.25, 0.3) is 0 Å². The number of halogens is 1. The van der Waals surface area contributed by atoms with Crippen LogP contribution in [-0.2, 0) is 11.3 Å². The number of nitrogens with zero attached hydrogens (tertiary/aromatic N) is 2. The molecule has 22 heavy (non-hydrogen) atoms. The van der Waals surface area contributed by atoms with Gasteiger partial charge in [0, 0.05) is 12.7 Å². The fourth-order valence-corrected chi connectivity index (χ4v) is 2.12. The highest BCUT2D eigenvalue weighted by molar-refractivity contribution is 5.90. The van der Waals surface area contributed by atoms with E-state index < -0.39 is 11.9 Å². The molecule has 0 radical (unpaired) electrons. The Kier molecular flexibility index (Phi) is 5.27. The number of hydrogen-bond acceptors (Lipinski definition) is 3. The van der Waals surface area contributed by atoms with E-state index in [1.54, 1.807) is 23.1 Å². The first kappa shape index (κ1) is 16.2. The predicted octanol–water partition coefficient (Wildman–Crippen LogP) is 2.74. The van der Waals surface area contributed by atoms with Gasteiger partial charge in [0.1, 0.15) is 5.82 Å². The van der Waals surface area contributed by atoms with Crippen molar-refractivity contribution in [3.63, 3.8) is 0 Å². The van der Waals surface area contributed by atoms with Crippen LogP contribution in [0.15, 0.2) is 36.7 Å². The van der Waals surface area contributed by atoms with Gasteiger partial charge in [-0.1, -0.05) is 26.0 Å². The van der Waals surface area contributed by atoms with Crippen molar-refractivity contribution in [2.75, 3.05) is 5.32 Å². The SMILES string of the molecule is CC(C)Cn1cc(NC(=O)CC(O)c2cccc(F)c2)cn1. The Bertz CT molecular complexity index is 640. The van der Waals surface area contributed by atoms with Crippen LogP contribution in [0.3, 0.4) is 0 Å². The Hall–Kier alpha value is -2.21. The first-order valence-electron chi connectivity index (χ1n) is 7.20. The van der Waals surface area contributed by atoms with E-state index in [2.05, 4.69) is 24.3 Å². The molecule has 0 aliphatic heterocycles. The lowest BCUT2D eigenvalue weighted by Crippen LogP contribution is -2.15. The summed E-state index contributed by atoms with van der Waals surface area (Å²) in [5.41, 5.74) is 0.961. The van der Waals surface area contributed by atoms with Gasteiger partial charge >= 0.3 is 0 Å². The maximum absolute atomic E-state index is 13.1. The minimum absolute atomic E-state index is 0.140. The zero-order valence-electron chi connectivity index (χ0n) is 12.7. The molecule has 1 atom stereocenters. The van der Waals surface area contributed by atoms with Crippen molar-refractivity contribution in [3.8, 4) is 0 Å². The van der Waals surface area contributed by atoms with E-state index in [9.17, 15) is 14.3 Å². The molecule has 0 spiro atoms. The fourth-order valence-electron chi connectivity index (χ4n) is 2.12. The summed E-state index contributed by atoms with van der Waals surface area (Å²) in [6.45, 7) is 4.92. The summed E-state index contributed by atoms with van der Waals surface area (Å²) in [6.07, 6.45) is 2.13. The van der Waals surface area contributed by atoms with Crippen molar-refractivity contribution in [1.29, 1.82) is 0 Å². The van der Waals surface area contributed by atoms with Crippen LogP contribution in [0.4, 0.5) is 10.1 Å². The molecule has 0 aliphatic carbocycles. The lowest BCUT2D eigenvalue weighted by Gasteiger charge is -2.10. The van der Waals surface area contributed by atoms with Crippen LogP contribution in [0, 0.1) is 11.7 Å². The number of aliphatic hydroxyl groups excluding tert-OH is 1. The molecule has 0 saturated carbocycles. The zero-order chi connectivity index (χ0) is 16.1. The number of carbonyl (C=O) groups is 1. The molecule has 2 aromatic rings. The van der Waals surface area contributed by atoms with Crippen molar-refractivity contribution >= 4 is 11.6 Å². The first-order valence-corrected chi connectivity index (χ1v) is 7.20. The number of rotatable bonds is 6. The Labute approximate surface area is 128 Å². The molecule has 1 amide bonds. The van der Waals surface area contributed by atoms with Gasteiger partial charge < -0.3 is 10.4 Å². The lowest BCUT2D eigenvalue weighted by molar-refractivity contribution is -0.118. The number of hydrogen-bond donors (Lipinski definition) is 2. The highest BCUT2D eigenvalue weighted by atomic mass is 19.1. The molecule has 0 bridgehead atoms. The second-order valence-corrected chi connectivity index (χ2v) is 5.67. The number of benzene rings is 1. The minimum Gasteiger partial charge on any atom is -0.388 e. The van der Waals surface area contributed by atoms with E-state index in [1.807, 2.05) is 0 Å². The summed E-state index contributed by atoms with van der Waals surface area (Å²) in [6, 6.07) is 5.60. The van der Waals surface area contributed by atoms with Crippen LogP contribution in [0.2, 0.25) is 0 Å². The van der Waals surface area contributed by atoms with Crippen LogP contribution in [0.1, 0.15) is 31.9 Å². The van der Waals surface area contributed by atoms with Gasteiger partial charge in [-0.2, -0.15) is 5.10 Å². The number of amides is 1. The average molecular weight is 305 g/mol. The zero-order valence-corrected chi connectivity index (χ0v) is 12.7. The molecule has 118 valence electrons. The number of anilines is 1. The molecule has 5 nitrogen and oxygen atoms in total. The van der Waals surface area contributed by atoms with E-state index in [-0.39, 0.29) is 12.3 Å². The summed E-state index contributed by atoms with van der Waals surface area (Å²) in [7, 11) is 0. The molecule has 0 fully saturated rings. The lowest BCUT2D eigenvalue weighted by atomic mass is 10.1. The Morgan fingerprint density at radius 1 is 1.45 bits per heavy atom. The van der Waals surface area contributed by atoms with Crippen LogP contribution in [-0.4, -0.2) is 20.8 Å². The number of nitrogens with one attached hydrogen (secondary N) is 1. The smallest absolute Gasteiger partial charge is 0.227 e. The van der Waals surface area contributed by atoms with Gasteiger partial charge in [0.15, 0.2) is 0 Å². The van der Waals surface area contributed by atoms with Gasteiger partial charge in [0.25, 0.3) is 0 Å². The Balaban J connectivity index is 1.91. The van der Waals surface area contributed by atoms with Gasteiger partial charge in [-0.25, -0.2) is 4.39 Å². The molecular formula is C16H20FN3O2. The van der Waals surface area contributed by atoms with Crippen LogP contribution in [0.5, 0.6) is 0 Å². The first-order chi connectivity index (χ1) is 10.4. The highest BCUT2D eigenvalue weighted by Gasteiger charge is 2.14. The second kappa shape index (κ2) is 7.17. The molecule has 1 heterocycles. The van der Waals surface area contributed by atoms with Gasteiger partial charge in [-0.3, -0.25) is 9.48 Å². The molecule has 1 aromatic carbocycles. The Morgan fingerprint density at radius 2 is 2.23 bits per heavy atom. The van der Waals surface area contributed by atoms with E-state index in [0.717, 1.165) is 6.54 Å². The van der Waals surface area contributed by atoms with E-state index in [1.165, 1.54) is 18.2 Å². The number of aromatic nitrogens is 2. The molecule has 1 unspecified atom stereocenters. The van der Waals surface area contributed by atoms with E-state index in [4.69, 9.17) is 0 Å². The summed E-state index contributed by atoms with van der Waals surface area (Å²) in [5.74, 6) is -0.328. The van der Waals surface area contributed by atoms with Gasteiger partial charge in [0.05, 0.1) is 24.4 Å². The standard InChI is InChI=1S/C16H20FN3O2/c1-11(2)9-20-10-14(8-18-20)19-16(22)7-15(21)12-4-3-5-13(17)6-12/h3-6,8,10-11,15,21H,7,9H2,1-2H3,(H,19,22). The number of carbonyl (C=O) groups excluding carboxylic acids is 1. The molecule has 0 aliphatic rings. The van der Waals surface area contributed by atoms with Gasteiger partial charge in [-0.05, 0) is 23.6 Å². The normalized spacial score (nSPS) is 12.4. The quantitative estimate of drug-likeness (QED) is 0.862. The largest absolute Gasteiger partial charge is 0.388 e. The second-order valence-electron chi connectivity index (χ2n) is 5.67. The van der Waals surface area contributed by atoms with E-state index in [0.29, 0.717) is 17.2 Å². The molecule has 2 N–H and O–H groups in total. The monoisotopic (exact) mass is 305 g/mol. The summed E-state index contributed by atoms with van der Waals surface area (Å²) < 4.78 is 14.8. The average Bonchev–Trinajstić information content (AvgIpc) is 2.84. The topological polar surface area (TPSA) is 67.2 Å². The van der Waals surface area contributed by atoms with Gasteiger partial charge in [0.2, 0.25) is 5.91 Å². The Morgan fingerprint density at radius 3 is 2.91 bits per heavy atom. The molecule has 6 heteroatoms. The van der Waals surface area contributed by atoms with Crippen LogP contribution >= 0.6 is 0 Å². The molecule has 0 saturated heterocycles. The maximum Gasteiger partial charge on any atom is 0.227 e. The third-order valence-corrected chi connectivity index (χ3v) is 3.08. The highest BCUT2D eigenvalue weighted by Crippen LogP contribution is 2.18. The maximum atomic E-state index is 13.1. The number of aliphatic hydroxyl groups is 1. The minimum atomic E-state index is -1.04. The third kappa shape index (κ3) is 4.66. The van der Waals surface area contributed by atoms with Crippen molar-refractivity contribution in [1.82, 2.24) is 9.78 Å². The van der Waals surface area contributed by atoms with Crippen molar-refractivity contribution in [2.24, 2.45) is 5.92 Å². The predicted molar refractivity (Wildman–Crippen MR) is 81.7 cm³/mol. The van der Waals surface area contributed by atoms with E-state index >= 15 is 0 Å². The molecule has 1 aromatic heterocycles. The van der Waals surface area contributed by atoms with Crippen LogP contribution < -0.4 is 5.32 Å². The molecular weight excluding hydrogens is 285 g/mol. The van der Waals surface area contributed by atoms with Crippen molar-refractivity contribution < 1.29 is 14.3 Å². The fraction of sp³-hybridized carbons (Fsp3) is 0.375. The van der Waals surface area contributed by atoms with Crippen molar-refractivity contribution in [2.45, 2.75) is 32.9 Å². The van der Waals surface area contributed by atoms with Gasteiger partial charge in [-0.15, -0.1) is 0 Å². The summed E-state index contributed by atoms with van der Waals surface area (Å²) >= 11 is 0.